The van der Waals surface area contributed by atoms with Crippen molar-refractivity contribution in [2.24, 2.45) is 5.92 Å². The van der Waals surface area contributed by atoms with Crippen molar-refractivity contribution in [1.82, 2.24) is 9.62 Å². The highest BCUT2D eigenvalue weighted by atomic mass is 32.2. The van der Waals surface area contributed by atoms with Gasteiger partial charge in [-0.25, -0.2) is 13.1 Å². The number of aliphatic hydroxyl groups is 1. The van der Waals surface area contributed by atoms with Crippen molar-refractivity contribution in [3.8, 4) is 0 Å². The molecule has 7 heteroatoms. The molecule has 0 bridgehead atoms. The van der Waals surface area contributed by atoms with Crippen LogP contribution in [0.25, 0.3) is 0 Å². The van der Waals surface area contributed by atoms with Gasteiger partial charge in [0.1, 0.15) is 0 Å². The van der Waals surface area contributed by atoms with Crippen LogP contribution in [0.4, 0.5) is 0 Å². The molecule has 0 saturated carbocycles. The van der Waals surface area contributed by atoms with Gasteiger partial charge in [-0.15, -0.1) is 0 Å². The highest BCUT2D eigenvalue weighted by molar-refractivity contribution is 7.88. The van der Waals surface area contributed by atoms with Crippen molar-refractivity contribution in [1.29, 1.82) is 0 Å². The van der Waals surface area contributed by atoms with E-state index in [2.05, 4.69) is 4.72 Å². The maximum Gasteiger partial charge on any atom is 0.223 e. The Morgan fingerprint density at radius 2 is 1.92 bits per heavy atom. The highest BCUT2D eigenvalue weighted by Crippen LogP contribution is 2.23. The minimum Gasteiger partial charge on any atom is -0.392 e. The molecule has 1 aromatic rings. The van der Waals surface area contributed by atoms with Gasteiger partial charge < -0.3 is 10.0 Å². The smallest absolute Gasteiger partial charge is 0.223 e. The lowest BCUT2D eigenvalue weighted by Gasteiger charge is -2.34. The van der Waals surface area contributed by atoms with E-state index in [9.17, 15) is 18.3 Å². The molecule has 0 aromatic heterocycles. The maximum absolute atomic E-state index is 12.1. The Balaban J connectivity index is 1.73. The summed E-state index contributed by atoms with van der Waals surface area (Å²) in [7, 11) is -3.25. The largest absolute Gasteiger partial charge is 0.392 e. The van der Waals surface area contributed by atoms with Gasteiger partial charge in [-0.1, -0.05) is 30.3 Å². The third kappa shape index (κ3) is 6.22. The van der Waals surface area contributed by atoms with Crippen molar-refractivity contribution in [3.05, 3.63) is 35.9 Å². The molecule has 1 saturated heterocycles. The van der Waals surface area contributed by atoms with Gasteiger partial charge in [0, 0.05) is 26.1 Å². The van der Waals surface area contributed by atoms with Crippen molar-refractivity contribution in [3.63, 3.8) is 0 Å². The molecule has 1 amide bonds. The van der Waals surface area contributed by atoms with Crippen molar-refractivity contribution in [2.45, 2.75) is 31.8 Å². The minimum absolute atomic E-state index is 0.0397. The van der Waals surface area contributed by atoms with Gasteiger partial charge in [-0.2, -0.15) is 0 Å². The van der Waals surface area contributed by atoms with Gasteiger partial charge in [0.05, 0.1) is 12.4 Å². The van der Waals surface area contributed by atoms with Gasteiger partial charge in [-0.05, 0) is 30.7 Å². The molecule has 1 fully saturated rings. The van der Waals surface area contributed by atoms with Crippen LogP contribution in [-0.2, 0) is 21.2 Å². The van der Waals surface area contributed by atoms with Crippen LogP contribution in [0.3, 0.4) is 0 Å². The van der Waals surface area contributed by atoms with Crippen LogP contribution in [-0.4, -0.2) is 56.3 Å². The molecule has 6 nitrogen and oxygen atoms in total. The SMILES string of the molecule is CS(=O)(=O)NCCC(=O)N1CCC([C@@H](O)Cc2ccccc2)CC1. The summed E-state index contributed by atoms with van der Waals surface area (Å²) in [4.78, 5) is 13.8. The van der Waals surface area contributed by atoms with Crippen molar-refractivity contribution in [2.75, 3.05) is 25.9 Å². The third-order valence-corrected chi connectivity index (χ3v) is 5.16. The topological polar surface area (TPSA) is 86.7 Å². The molecule has 2 N–H and O–H groups in total. The average molecular weight is 354 g/mol. The van der Waals surface area contributed by atoms with E-state index in [1.165, 1.54) is 0 Å². The van der Waals surface area contributed by atoms with Gasteiger partial charge in [-0.3, -0.25) is 4.79 Å². The van der Waals surface area contributed by atoms with Crippen LogP contribution >= 0.6 is 0 Å². The van der Waals surface area contributed by atoms with E-state index in [4.69, 9.17) is 0 Å². The molecule has 24 heavy (non-hydrogen) atoms. The molecule has 2 rings (SSSR count). The number of sulfonamides is 1. The summed E-state index contributed by atoms with van der Waals surface area (Å²) in [5.41, 5.74) is 1.12. The quantitative estimate of drug-likeness (QED) is 0.757. The lowest BCUT2D eigenvalue weighted by molar-refractivity contribution is -0.133. The van der Waals surface area contributed by atoms with Crippen molar-refractivity contribution >= 4 is 15.9 Å². The number of piperidine rings is 1. The number of benzene rings is 1. The molecule has 1 heterocycles. The second-order valence-electron chi connectivity index (χ2n) is 6.39. The molecule has 1 aliphatic rings. The number of carbonyl (C=O) groups is 1. The second-order valence-corrected chi connectivity index (χ2v) is 8.22. The lowest BCUT2D eigenvalue weighted by atomic mass is 9.88. The van der Waals surface area contributed by atoms with Gasteiger partial charge in [0.2, 0.25) is 15.9 Å². The van der Waals surface area contributed by atoms with Crippen LogP contribution in [0.15, 0.2) is 30.3 Å². The normalized spacial score (nSPS) is 17.7. The predicted molar refractivity (Wildman–Crippen MR) is 92.9 cm³/mol. The van der Waals surface area contributed by atoms with Gasteiger partial charge in [0.15, 0.2) is 0 Å². The van der Waals surface area contributed by atoms with E-state index in [1.807, 2.05) is 30.3 Å². The second kappa shape index (κ2) is 8.60. The standard InChI is InChI=1S/C17H26N2O4S/c1-24(22,23)18-10-7-17(21)19-11-8-15(9-12-19)16(20)13-14-5-3-2-4-6-14/h2-6,15-16,18,20H,7-13H2,1H3/t16-/m0/s1. The molecule has 134 valence electrons. The number of rotatable bonds is 7. The number of aliphatic hydroxyl groups excluding tert-OH is 1. The maximum atomic E-state index is 12.1. The Hall–Kier alpha value is -1.44. The molecule has 0 aliphatic carbocycles. The van der Waals surface area contributed by atoms with Gasteiger partial charge >= 0.3 is 0 Å². The first-order chi connectivity index (χ1) is 11.3. The van der Waals surface area contributed by atoms with E-state index in [-0.39, 0.29) is 24.8 Å². The molecule has 1 atom stereocenters. The molecule has 1 aliphatic heterocycles. The third-order valence-electron chi connectivity index (χ3n) is 4.43. The zero-order chi connectivity index (χ0) is 17.6. The summed E-state index contributed by atoms with van der Waals surface area (Å²) < 4.78 is 24.3. The Kier molecular flexibility index (Phi) is 6.77. The molecular formula is C17H26N2O4S. The zero-order valence-electron chi connectivity index (χ0n) is 14.0. The summed E-state index contributed by atoms with van der Waals surface area (Å²) in [5, 5.41) is 10.4. The van der Waals surface area contributed by atoms with Crippen molar-refractivity contribution < 1.29 is 18.3 Å². The minimum atomic E-state index is -3.25. The fourth-order valence-corrected chi connectivity index (χ4v) is 3.53. The number of nitrogens with zero attached hydrogens (tertiary/aromatic N) is 1. The number of amides is 1. The fourth-order valence-electron chi connectivity index (χ4n) is 3.06. The molecular weight excluding hydrogens is 328 g/mol. The van der Waals surface area contributed by atoms with Gasteiger partial charge in [0.25, 0.3) is 0 Å². The Labute approximate surface area is 143 Å². The first kappa shape index (κ1) is 18.9. The summed E-state index contributed by atoms with van der Waals surface area (Å²) >= 11 is 0. The number of carbonyl (C=O) groups excluding carboxylic acids is 1. The molecule has 0 radical (unpaired) electrons. The van der Waals surface area contributed by atoms with E-state index >= 15 is 0 Å². The molecule has 0 unspecified atom stereocenters. The summed E-state index contributed by atoms with van der Waals surface area (Å²) in [6, 6.07) is 9.91. The monoisotopic (exact) mass is 354 g/mol. The number of hydrogen-bond donors (Lipinski definition) is 2. The van der Waals surface area contributed by atoms with E-state index < -0.39 is 16.1 Å². The molecule has 1 aromatic carbocycles. The fraction of sp³-hybridized carbons (Fsp3) is 0.588. The van der Waals surface area contributed by atoms with Crippen LogP contribution in [0.1, 0.15) is 24.8 Å². The number of likely N-dealkylation sites (tertiary alicyclic amines) is 1. The predicted octanol–water partition coefficient (Wildman–Crippen LogP) is 0.768. The number of nitrogens with one attached hydrogen (secondary N) is 1. The van der Waals surface area contributed by atoms with Crippen LogP contribution in [0.2, 0.25) is 0 Å². The van der Waals surface area contributed by atoms with E-state index in [0.29, 0.717) is 19.5 Å². The highest BCUT2D eigenvalue weighted by Gasteiger charge is 2.27. The Morgan fingerprint density at radius 1 is 1.29 bits per heavy atom. The summed E-state index contributed by atoms with van der Waals surface area (Å²) in [5.74, 6) is 0.158. The first-order valence-electron chi connectivity index (χ1n) is 8.29. The zero-order valence-corrected chi connectivity index (χ0v) is 14.8. The summed E-state index contributed by atoms with van der Waals surface area (Å²) in [6.45, 7) is 1.37. The van der Waals surface area contributed by atoms with Crippen LogP contribution in [0.5, 0.6) is 0 Å². The Bertz CT molecular complexity index is 625. The molecule has 0 spiro atoms. The first-order valence-corrected chi connectivity index (χ1v) is 10.2. The van der Waals surface area contributed by atoms with E-state index in [0.717, 1.165) is 24.7 Å². The number of hydrogen-bond acceptors (Lipinski definition) is 4. The van der Waals surface area contributed by atoms with Crippen LogP contribution in [0, 0.1) is 5.92 Å². The Morgan fingerprint density at radius 3 is 2.50 bits per heavy atom. The summed E-state index contributed by atoms with van der Waals surface area (Å²) in [6.07, 6.45) is 3.05. The van der Waals surface area contributed by atoms with E-state index in [1.54, 1.807) is 4.90 Å². The lowest BCUT2D eigenvalue weighted by Crippen LogP contribution is -2.42. The average Bonchev–Trinajstić information content (AvgIpc) is 2.54. The van der Waals surface area contributed by atoms with Crippen LogP contribution < -0.4 is 4.72 Å².